The zero-order valence-corrected chi connectivity index (χ0v) is 10.2. The first-order valence-corrected chi connectivity index (χ1v) is 6.69. The fraction of sp³-hybridized carbons (Fsp3) is 0.846. The van der Waals surface area contributed by atoms with Gasteiger partial charge >= 0.3 is 0 Å². The molecule has 2 aliphatic rings. The van der Waals surface area contributed by atoms with Gasteiger partial charge in [0.25, 0.3) is 0 Å². The highest BCUT2D eigenvalue weighted by Gasteiger charge is 2.29. The number of carbonyl (C=O) groups excluding carboxylic acids is 1. The summed E-state index contributed by atoms with van der Waals surface area (Å²) in [5.41, 5.74) is 0. The Morgan fingerprint density at radius 1 is 1.29 bits per heavy atom. The van der Waals surface area contributed by atoms with Crippen LogP contribution in [0.5, 0.6) is 0 Å². The molecule has 2 rings (SSSR count). The lowest BCUT2D eigenvalue weighted by molar-refractivity contribution is -0.123. The molecule has 94 valence electrons. The predicted molar refractivity (Wildman–Crippen MR) is 65.1 cm³/mol. The molecule has 0 aromatic carbocycles. The van der Waals surface area contributed by atoms with Crippen molar-refractivity contribution < 1.29 is 4.79 Å². The zero-order valence-electron chi connectivity index (χ0n) is 10.2. The van der Waals surface area contributed by atoms with Gasteiger partial charge in [0.1, 0.15) is 0 Å². The topological polar surface area (TPSA) is 64.9 Å². The molecule has 1 amide bonds. The molecule has 2 fully saturated rings. The maximum absolute atomic E-state index is 11.9. The molecule has 1 aliphatic heterocycles. The van der Waals surface area contributed by atoms with Crippen LogP contribution in [-0.2, 0) is 4.79 Å². The van der Waals surface area contributed by atoms with E-state index in [0.29, 0.717) is 12.3 Å². The fourth-order valence-corrected chi connectivity index (χ4v) is 2.90. The molecule has 1 heterocycles. The number of nitriles is 1. The van der Waals surface area contributed by atoms with E-state index in [1.165, 1.54) is 0 Å². The van der Waals surface area contributed by atoms with Gasteiger partial charge in [-0.3, -0.25) is 4.79 Å². The van der Waals surface area contributed by atoms with Crippen LogP contribution in [0.1, 0.15) is 38.5 Å². The average molecular weight is 235 g/mol. The summed E-state index contributed by atoms with van der Waals surface area (Å²) in [6, 6.07) is 2.40. The van der Waals surface area contributed by atoms with E-state index in [-0.39, 0.29) is 17.9 Å². The third-order valence-corrected chi connectivity index (χ3v) is 3.96. The SMILES string of the molecule is N#CC1CCCC1NC(=O)CC1CCNCC1. The quantitative estimate of drug-likeness (QED) is 0.772. The maximum atomic E-state index is 11.9. The van der Waals surface area contributed by atoms with Crippen LogP contribution < -0.4 is 10.6 Å². The predicted octanol–water partition coefficient (Wildman–Crippen LogP) is 1.18. The highest BCUT2D eigenvalue weighted by molar-refractivity contribution is 5.76. The first-order chi connectivity index (χ1) is 8.29. The Labute approximate surface area is 103 Å². The molecule has 1 aliphatic carbocycles. The summed E-state index contributed by atoms with van der Waals surface area (Å²) in [5.74, 6) is 0.703. The number of piperidine rings is 1. The Morgan fingerprint density at radius 3 is 2.76 bits per heavy atom. The lowest BCUT2D eigenvalue weighted by Gasteiger charge is -2.23. The zero-order chi connectivity index (χ0) is 12.1. The summed E-state index contributed by atoms with van der Waals surface area (Å²) in [6.07, 6.45) is 5.80. The second-order valence-corrected chi connectivity index (χ2v) is 5.24. The molecule has 0 spiro atoms. The van der Waals surface area contributed by atoms with Crippen LogP contribution in [0.3, 0.4) is 0 Å². The molecule has 2 unspecified atom stereocenters. The van der Waals surface area contributed by atoms with Crippen molar-refractivity contribution in [2.75, 3.05) is 13.1 Å². The van der Waals surface area contributed by atoms with Crippen LogP contribution in [-0.4, -0.2) is 25.0 Å². The van der Waals surface area contributed by atoms with Gasteiger partial charge in [0, 0.05) is 12.5 Å². The number of carbonyl (C=O) groups is 1. The van der Waals surface area contributed by atoms with Crippen molar-refractivity contribution in [3.8, 4) is 6.07 Å². The molecular weight excluding hydrogens is 214 g/mol. The van der Waals surface area contributed by atoms with Gasteiger partial charge in [0.05, 0.1) is 12.0 Å². The van der Waals surface area contributed by atoms with Crippen molar-refractivity contribution in [1.82, 2.24) is 10.6 Å². The van der Waals surface area contributed by atoms with Gasteiger partial charge in [0.2, 0.25) is 5.91 Å². The normalized spacial score (nSPS) is 29.8. The number of rotatable bonds is 3. The van der Waals surface area contributed by atoms with Crippen LogP contribution in [0.25, 0.3) is 0 Å². The van der Waals surface area contributed by atoms with E-state index in [0.717, 1.165) is 45.2 Å². The van der Waals surface area contributed by atoms with E-state index in [4.69, 9.17) is 5.26 Å². The molecule has 0 aromatic rings. The number of amides is 1. The first-order valence-electron chi connectivity index (χ1n) is 6.69. The molecule has 1 saturated carbocycles. The number of nitrogens with one attached hydrogen (secondary N) is 2. The highest BCUT2D eigenvalue weighted by atomic mass is 16.1. The smallest absolute Gasteiger partial charge is 0.220 e. The number of nitrogens with zero attached hydrogens (tertiary/aromatic N) is 1. The highest BCUT2D eigenvalue weighted by Crippen LogP contribution is 2.25. The third kappa shape index (κ3) is 3.44. The maximum Gasteiger partial charge on any atom is 0.220 e. The second kappa shape index (κ2) is 6.02. The van der Waals surface area contributed by atoms with E-state index in [9.17, 15) is 4.79 Å². The lowest BCUT2D eigenvalue weighted by atomic mass is 9.94. The molecule has 2 N–H and O–H groups in total. The van der Waals surface area contributed by atoms with Gasteiger partial charge in [-0.15, -0.1) is 0 Å². The Balaban J connectivity index is 1.75. The first kappa shape index (κ1) is 12.4. The van der Waals surface area contributed by atoms with Crippen molar-refractivity contribution in [2.24, 2.45) is 11.8 Å². The van der Waals surface area contributed by atoms with Crippen LogP contribution in [0.2, 0.25) is 0 Å². The van der Waals surface area contributed by atoms with Crippen molar-refractivity contribution in [2.45, 2.75) is 44.6 Å². The van der Waals surface area contributed by atoms with E-state index in [2.05, 4.69) is 16.7 Å². The van der Waals surface area contributed by atoms with Crippen molar-refractivity contribution >= 4 is 5.91 Å². The number of hydrogen-bond donors (Lipinski definition) is 2. The average Bonchev–Trinajstić information content (AvgIpc) is 2.77. The van der Waals surface area contributed by atoms with Gasteiger partial charge in [-0.25, -0.2) is 0 Å². The summed E-state index contributed by atoms with van der Waals surface area (Å²) in [6.45, 7) is 2.06. The minimum Gasteiger partial charge on any atom is -0.352 e. The van der Waals surface area contributed by atoms with E-state index in [1.54, 1.807) is 0 Å². The Hall–Kier alpha value is -1.08. The molecule has 0 radical (unpaired) electrons. The molecule has 17 heavy (non-hydrogen) atoms. The summed E-state index contributed by atoms with van der Waals surface area (Å²) in [7, 11) is 0. The van der Waals surface area contributed by atoms with Gasteiger partial charge in [-0.1, -0.05) is 0 Å². The minimum absolute atomic E-state index is 0.0342. The Kier molecular flexibility index (Phi) is 4.38. The van der Waals surface area contributed by atoms with Gasteiger partial charge in [-0.2, -0.15) is 5.26 Å². The molecule has 2 atom stereocenters. The largest absolute Gasteiger partial charge is 0.352 e. The van der Waals surface area contributed by atoms with Gasteiger partial charge in [0.15, 0.2) is 0 Å². The minimum atomic E-state index is 0.0342. The standard InChI is InChI=1S/C13H21N3O/c14-9-11-2-1-3-12(11)16-13(17)8-10-4-6-15-7-5-10/h10-12,15H,1-8H2,(H,16,17). The van der Waals surface area contributed by atoms with Crippen LogP contribution >= 0.6 is 0 Å². The molecular formula is C13H21N3O. The fourth-order valence-electron chi connectivity index (χ4n) is 2.90. The summed E-state index contributed by atoms with van der Waals surface area (Å²) in [5, 5.41) is 15.3. The van der Waals surface area contributed by atoms with Gasteiger partial charge < -0.3 is 10.6 Å². The van der Waals surface area contributed by atoms with E-state index in [1.807, 2.05) is 0 Å². The Bertz CT molecular complexity index is 304. The van der Waals surface area contributed by atoms with Crippen LogP contribution in [0.15, 0.2) is 0 Å². The number of hydrogen-bond acceptors (Lipinski definition) is 3. The summed E-state index contributed by atoms with van der Waals surface area (Å²) >= 11 is 0. The third-order valence-electron chi connectivity index (χ3n) is 3.96. The summed E-state index contributed by atoms with van der Waals surface area (Å²) in [4.78, 5) is 11.9. The van der Waals surface area contributed by atoms with Gasteiger partial charge in [-0.05, 0) is 51.1 Å². The second-order valence-electron chi connectivity index (χ2n) is 5.24. The van der Waals surface area contributed by atoms with Crippen molar-refractivity contribution in [3.05, 3.63) is 0 Å². The molecule has 4 heteroatoms. The monoisotopic (exact) mass is 235 g/mol. The lowest BCUT2D eigenvalue weighted by Crippen LogP contribution is -2.39. The van der Waals surface area contributed by atoms with Crippen molar-refractivity contribution in [1.29, 1.82) is 5.26 Å². The van der Waals surface area contributed by atoms with Crippen molar-refractivity contribution in [3.63, 3.8) is 0 Å². The van der Waals surface area contributed by atoms with Crippen LogP contribution in [0, 0.1) is 23.2 Å². The molecule has 0 bridgehead atoms. The molecule has 0 aromatic heterocycles. The Morgan fingerprint density at radius 2 is 2.06 bits per heavy atom. The summed E-state index contributed by atoms with van der Waals surface area (Å²) < 4.78 is 0. The van der Waals surface area contributed by atoms with E-state index < -0.39 is 0 Å². The van der Waals surface area contributed by atoms with Crippen LogP contribution in [0.4, 0.5) is 0 Å². The molecule has 1 saturated heterocycles. The molecule has 4 nitrogen and oxygen atoms in total. The van der Waals surface area contributed by atoms with E-state index >= 15 is 0 Å².